The van der Waals surface area contributed by atoms with Crippen molar-refractivity contribution in [3.63, 3.8) is 0 Å². The molecule has 1 nitrogen and oxygen atoms in total. The van der Waals surface area contributed by atoms with Gasteiger partial charge in [-0.25, -0.2) is 0 Å². The molecule has 0 radical (unpaired) electrons. The van der Waals surface area contributed by atoms with Crippen LogP contribution in [0.4, 0.5) is 0 Å². The number of hydrogen-bond acceptors (Lipinski definition) is 1. The monoisotopic (exact) mass is 379 g/mol. The normalized spacial score (nSPS) is 13.2. The standard InChI is InChI=1S/C18H22IN/c1-18(2,15-7-5-4-6-8-15)17(20-3)13-14-9-11-16(19)12-10-14/h4-12,17,20H,13H2,1-3H3. The summed E-state index contributed by atoms with van der Waals surface area (Å²) in [5.74, 6) is 0. The van der Waals surface area contributed by atoms with Gasteiger partial charge < -0.3 is 5.32 Å². The van der Waals surface area contributed by atoms with Crippen molar-refractivity contribution in [2.24, 2.45) is 0 Å². The van der Waals surface area contributed by atoms with E-state index in [1.165, 1.54) is 14.7 Å². The highest BCUT2D eigenvalue weighted by atomic mass is 127. The molecule has 2 rings (SSSR count). The summed E-state index contributed by atoms with van der Waals surface area (Å²) < 4.78 is 1.29. The lowest BCUT2D eigenvalue weighted by Gasteiger charge is -2.35. The van der Waals surface area contributed by atoms with Gasteiger partial charge in [0.15, 0.2) is 0 Å². The Hall–Kier alpha value is -0.870. The van der Waals surface area contributed by atoms with Crippen molar-refractivity contribution < 1.29 is 0 Å². The second kappa shape index (κ2) is 6.72. The number of likely N-dealkylation sites (N-methyl/N-ethyl adjacent to an activating group) is 1. The van der Waals surface area contributed by atoms with Crippen LogP contribution in [0, 0.1) is 3.57 Å². The predicted octanol–water partition coefficient (Wildman–Crippen LogP) is 4.40. The van der Waals surface area contributed by atoms with Gasteiger partial charge in [0, 0.05) is 15.0 Å². The maximum atomic E-state index is 3.50. The van der Waals surface area contributed by atoms with Gasteiger partial charge in [0.05, 0.1) is 0 Å². The minimum atomic E-state index is 0.0962. The Balaban J connectivity index is 2.21. The van der Waals surface area contributed by atoms with Crippen LogP contribution < -0.4 is 5.32 Å². The summed E-state index contributed by atoms with van der Waals surface area (Å²) in [5, 5.41) is 3.50. The molecule has 0 spiro atoms. The maximum absolute atomic E-state index is 3.50. The van der Waals surface area contributed by atoms with Crippen molar-refractivity contribution in [2.45, 2.75) is 31.7 Å². The molecule has 1 unspecified atom stereocenters. The van der Waals surface area contributed by atoms with E-state index < -0.39 is 0 Å². The highest BCUT2D eigenvalue weighted by Crippen LogP contribution is 2.29. The zero-order valence-electron chi connectivity index (χ0n) is 12.4. The van der Waals surface area contributed by atoms with Gasteiger partial charge >= 0.3 is 0 Å². The van der Waals surface area contributed by atoms with Gasteiger partial charge in [-0.15, -0.1) is 0 Å². The zero-order valence-corrected chi connectivity index (χ0v) is 14.5. The van der Waals surface area contributed by atoms with Crippen LogP contribution >= 0.6 is 22.6 Å². The molecule has 0 heterocycles. The van der Waals surface area contributed by atoms with E-state index in [9.17, 15) is 0 Å². The van der Waals surface area contributed by atoms with E-state index in [0.29, 0.717) is 6.04 Å². The molecule has 0 fully saturated rings. The van der Waals surface area contributed by atoms with E-state index in [2.05, 4.69) is 103 Å². The average Bonchev–Trinajstić information content (AvgIpc) is 2.47. The van der Waals surface area contributed by atoms with Crippen LogP contribution in [0.25, 0.3) is 0 Å². The molecule has 0 saturated carbocycles. The van der Waals surface area contributed by atoms with E-state index in [4.69, 9.17) is 0 Å². The summed E-state index contributed by atoms with van der Waals surface area (Å²) in [5.41, 5.74) is 2.86. The first-order valence-electron chi connectivity index (χ1n) is 7.01. The van der Waals surface area contributed by atoms with E-state index in [1.54, 1.807) is 0 Å². The van der Waals surface area contributed by atoms with Crippen LogP contribution in [0.1, 0.15) is 25.0 Å². The summed E-state index contributed by atoms with van der Waals surface area (Å²) in [6, 6.07) is 20.0. The third kappa shape index (κ3) is 3.61. The molecule has 0 aliphatic carbocycles. The molecular weight excluding hydrogens is 357 g/mol. The molecule has 106 valence electrons. The summed E-state index contributed by atoms with van der Waals surface area (Å²) in [6.45, 7) is 4.63. The second-order valence-electron chi connectivity index (χ2n) is 5.76. The molecule has 0 bridgehead atoms. The van der Waals surface area contributed by atoms with Crippen molar-refractivity contribution in [3.05, 3.63) is 69.3 Å². The molecule has 0 saturated heterocycles. The minimum absolute atomic E-state index is 0.0962. The third-order valence-corrected chi connectivity index (χ3v) is 4.81. The van der Waals surface area contributed by atoms with Crippen molar-refractivity contribution in [1.29, 1.82) is 0 Å². The van der Waals surface area contributed by atoms with Crippen molar-refractivity contribution in [2.75, 3.05) is 7.05 Å². The molecule has 1 atom stereocenters. The molecule has 2 heteroatoms. The van der Waals surface area contributed by atoms with Crippen molar-refractivity contribution in [1.82, 2.24) is 5.32 Å². The van der Waals surface area contributed by atoms with Crippen molar-refractivity contribution in [3.8, 4) is 0 Å². The maximum Gasteiger partial charge on any atom is 0.0196 e. The van der Waals surface area contributed by atoms with E-state index in [-0.39, 0.29) is 5.41 Å². The van der Waals surface area contributed by atoms with Gasteiger partial charge in [-0.1, -0.05) is 56.3 Å². The fourth-order valence-corrected chi connectivity index (χ4v) is 3.00. The quantitative estimate of drug-likeness (QED) is 0.760. The number of hydrogen-bond donors (Lipinski definition) is 1. The minimum Gasteiger partial charge on any atom is -0.316 e. The zero-order chi connectivity index (χ0) is 14.6. The first-order valence-corrected chi connectivity index (χ1v) is 8.09. The van der Waals surface area contributed by atoms with E-state index in [0.717, 1.165) is 6.42 Å². The fourth-order valence-electron chi connectivity index (χ4n) is 2.64. The predicted molar refractivity (Wildman–Crippen MR) is 95.2 cm³/mol. The Morgan fingerprint density at radius 1 is 1.00 bits per heavy atom. The van der Waals surface area contributed by atoms with Gasteiger partial charge in [-0.05, 0) is 59.3 Å². The van der Waals surface area contributed by atoms with Crippen LogP contribution in [0.2, 0.25) is 0 Å². The summed E-state index contributed by atoms with van der Waals surface area (Å²) >= 11 is 2.35. The lowest BCUT2D eigenvalue weighted by Crippen LogP contribution is -2.44. The summed E-state index contributed by atoms with van der Waals surface area (Å²) in [7, 11) is 2.06. The molecule has 20 heavy (non-hydrogen) atoms. The van der Waals surface area contributed by atoms with Gasteiger partial charge in [-0.3, -0.25) is 0 Å². The van der Waals surface area contributed by atoms with Crippen molar-refractivity contribution >= 4 is 22.6 Å². The van der Waals surface area contributed by atoms with E-state index >= 15 is 0 Å². The molecule has 0 aromatic heterocycles. The van der Waals surface area contributed by atoms with Gasteiger partial charge in [0.25, 0.3) is 0 Å². The Bertz CT molecular complexity index is 531. The molecule has 2 aromatic rings. The molecule has 2 aromatic carbocycles. The van der Waals surface area contributed by atoms with Gasteiger partial charge in [-0.2, -0.15) is 0 Å². The lowest BCUT2D eigenvalue weighted by molar-refractivity contribution is 0.356. The van der Waals surface area contributed by atoms with Crippen LogP contribution in [-0.2, 0) is 11.8 Å². The first-order chi connectivity index (χ1) is 9.54. The van der Waals surface area contributed by atoms with Crippen LogP contribution in [0.15, 0.2) is 54.6 Å². The fraction of sp³-hybridized carbons (Fsp3) is 0.333. The summed E-state index contributed by atoms with van der Waals surface area (Å²) in [6.07, 6.45) is 1.04. The van der Waals surface area contributed by atoms with Gasteiger partial charge in [0.2, 0.25) is 0 Å². The summed E-state index contributed by atoms with van der Waals surface area (Å²) in [4.78, 5) is 0. The Labute approximate surface area is 135 Å². The van der Waals surface area contributed by atoms with Crippen LogP contribution in [-0.4, -0.2) is 13.1 Å². The molecule has 0 aliphatic heterocycles. The largest absolute Gasteiger partial charge is 0.316 e. The average molecular weight is 379 g/mol. The number of halogens is 1. The molecule has 0 amide bonds. The van der Waals surface area contributed by atoms with Crippen LogP contribution in [0.3, 0.4) is 0 Å². The Morgan fingerprint density at radius 2 is 1.60 bits per heavy atom. The highest BCUT2D eigenvalue weighted by Gasteiger charge is 2.30. The van der Waals surface area contributed by atoms with Gasteiger partial charge in [0.1, 0.15) is 0 Å². The molecule has 1 N–H and O–H groups in total. The molecule has 0 aliphatic rings. The highest BCUT2D eigenvalue weighted by molar-refractivity contribution is 14.1. The number of nitrogens with one attached hydrogen (secondary N) is 1. The Kier molecular flexibility index (Phi) is 5.22. The van der Waals surface area contributed by atoms with E-state index in [1.807, 2.05) is 0 Å². The number of benzene rings is 2. The number of rotatable bonds is 5. The lowest BCUT2D eigenvalue weighted by atomic mass is 9.75. The topological polar surface area (TPSA) is 12.0 Å². The first kappa shape index (κ1) is 15.5. The van der Waals surface area contributed by atoms with Crippen LogP contribution in [0.5, 0.6) is 0 Å². The Morgan fingerprint density at radius 3 is 2.15 bits per heavy atom. The smallest absolute Gasteiger partial charge is 0.0196 e. The second-order valence-corrected chi connectivity index (χ2v) is 7.01. The third-order valence-electron chi connectivity index (χ3n) is 4.09. The molecular formula is C18H22IN. The SMILES string of the molecule is CNC(Cc1ccc(I)cc1)C(C)(C)c1ccccc1.